The smallest absolute Gasteiger partial charge is 0.159 e. The Bertz CT molecular complexity index is 1890. The Morgan fingerprint density at radius 2 is 1.93 bits per heavy atom. The van der Waals surface area contributed by atoms with E-state index >= 15 is 0 Å². The van der Waals surface area contributed by atoms with Crippen molar-refractivity contribution in [1.82, 2.24) is 30.1 Å². The largest absolute Gasteiger partial charge is 0.358 e. The molecule has 0 amide bonds. The van der Waals surface area contributed by atoms with Gasteiger partial charge in [0.1, 0.15) is 11.5 Å². The molecule has 42 heavy (non-hydrogen) atoms. The third-order valence-corrected chi connectivity index (χ3v) is 7.93. The van der Waals surface area contributed by atoms with Crippen LogP contribution in [-0.2, 0) is 0 Å². The maximum atomic E-state index is 13.9. The molecule has 5 aromatic rings. The van der Waals surface area contributed by atoms with Crippen LogP contribution in [0.2, 0.25) is 0 Å². The van der Waals surface area contributed by atoms with Gasteiger partial charge in [-0.3, -0.25) is 15.1 Å². The lowest BCUT2D eigenvalue weighted by Crippen LogP contribution is -2.21. The highest BCUT2D eigenvalue weighted by molar-refractivity contribution is 5.92. The number of imidazole rings is 1. The molecule has 0 radical (unpaired) electrons. The Hall–Kier alpha value is -4.85. The van der Waals surface area contributed by atoms with E-state index in [4.69, 9.17) is 4.98 Å². The number of hydrogen-bond acceptors (Lipinski definition) is 5. The van der Waals surface area contributed by atoms with E-state index in [9.17, 15) is 4.39 Å². The summed E-state index contributed by atoms with van der Waals surface area (Å²) in [6.45, 7) is 10.6. The zero-order chi connectivity index (χ0) is 29.1. The molecule has 1 saturated carbocycles. The Kier molecular flexibility index (Phi) is 7.77. The van der Waals surface area contributed by atoms with E-state index in [1.165, 1.54) is 44.2 Å². The van der Waals surface area contributed by atoms with E-state index in [-0.39, 0.29) is 5.82 Å². The fourth-order valence-corrected chi connectivity index (χ4v) is 5.65. The summed E-state index contributed by atoms with van der Waals surface area (Å²) < 4.78 is 13.9. The van der Waals surface area contributed by atoms with Gasteiger partial charge in [0.15, 0.2) is 5.82 Å². The highest BCUT2D eigenvalue weighted by atomic mass is 19.1. The molecule has 6 rings (SSSR count). The third kappa shape index (κ3) is 5.93. The number of allylic oxidation sites excluding steroid dienone is 3. The number of rotatable bonds is 8. The van der Waals surface area contributed by atoms with Crippen LogP contribution in [0.25, 0.3) is 51.9 Å². The number of H-pyrrole nitrogens is 2. The molecule has 0 bridgehead atoms. The van der Waals surface area contributed by atoms with Gasteiger partial charge in [0.25, 0.3) is 0 Å². The number of nitrogens with zero attached hydrogens (tertiary/aromatic N) is 4. The molecule has 0 saturated heterocycles. The van der Waals surface area contributed by atoms with Crippen LogP contribution < -0.4 is 15.9 Å². The molecule has 7 nitrogen and oxygen atoms in total. The predicted octanol–water partition coefficient (Wildman–Crippen LogP) is 6.74. The number of hydrogen-bond donors (Lipinski definition) is 3. The number of aromatic nitrogens is 6. The van der Waals surface area contributed by atoms with Crippen LogP contribution in [-0.4, -0.2) is 30.1 Å². The molecule has 0 unspecified atom stereocenters. The van der Waals surface area contributed by atoms with Gasteiger partial charge in [-0.1, -0.05) is 63.5 Å². The van der Waals surface area contributed by atoms with E-state index in [0.29, 0.717) is 27.8 Å². The summed E-state index contributed by atoms with van der Waals surface area (Å²) in [4.78, 5) is 16.8. The highest BCUT2D eigenvalue weighted by Crippen LogP contribution is 2.30. The van der Waals surface area contributed by atoms with Gasteiger partial charge < -0.3 is 10.3 Å². The van der Waals surface area contributed by atoms with Gasteiger partial charge in [-0.05, 0) is 60.2 Å². The number of nitrogens with one attached hydrogen (secondary N) is 3. The first-order valence-corrected chi connectivity index (χ1v) is 14.4. The minimum absolute atomic E-state index is 0.310. The summed E-state index contributed by atoms with van der Waals surface area (Å²) >= 11 is 0. The van der Waals surface area contributed by atoms with Gasteiger partial charge in [0, 0.05) is 28.9 Å². The highest BCUT2D eigenvalue weighted by Gasteiger charge is 2.15. The number of benzene rings is 1. The SMILES string of the molecule is C=C(CC1CCCCC1)Nc1cncc(/C(C)=C/C=c2/[nH]nc(-c3nc4c(-c5cccc(F)c5)cncc4[nH]3)c2=C)c1. The van der Waals surface area contributed by atoms with Crippen LogP contribution in [0.15, 0.2) is 73.5 Å². The summed E-state index contributed by atoms with van der Waals surface area (Å²) in [5, 5.41) is 12.5. The Labute approximate surface area is 244 Å². The Balaban J connectivity index is 1.22. The Morgan fingerprint density at radius 3 is 2.76 bits per heavy atom. The topological polar surface area (TPSA) is 95.2 Å². The zero-order valence-corrected chi connectivity index (χ0v) is 23.8. The quantitative estimate of drug-likeness (QED) is 0.196. The van der Waals surface area contributed by atoms with Crippen molar-refractivity contribution >= 4 is 34.9 Å². The van der Waals surface area contributed by atoms with Crippen molar-refractivity contribution < 1.29 is 4.39 Å². The second kappa shape index (κ2) is 11.9. The lowest BCUT2D eigenvalue weighted by atomic mass is 9.86. The van der Waals surface area contributed by atoms with Crippen molar-refractivity contribution in [1.29, 1.82) is 0 Å². The van der Waals surface area contributed by atoms with Gasteiger partial charge in [-0.15, -0.1) is 0 Å². The molecular weight excluding hydrogens is 525 g/mol. The van der Waals surface area contributed by atoms with Crippen molar-refractivity contribution in [3.63, 3.8) is 0 Å². The fourth-order valence-electron chi connectivity index (χ4n) is 5.65. The third-order valence-electron chi connectivity index (χ3n) is 7.93. The van der Waals surface area contributed by atoms with Gasteiger partial charge in [-0.2, -0.15) is 5.10 Å². The number of anilines is 1. The van der Waals surface area contributed by atoms with E-state index in [2.05, 4.69) is 49.7 Å². The van der Waals surface area contributed by atoms with Gasteiger partial charge in [0.2, 0.25) is 0 Å². The molecule has 1 aliphatic rings. The molecule has 8 heteroatoms. The van der Waals surface area contributed by atoms with E-state index in [0.717, 1.165) is 51.3 Å². The zero-order valence-electron chi connectivity index (χ0n) is 23.8. The summed E-state index contributed by atoms with van der Waals surface area (Å²) in [5.74, 6) is 0.984. The van der Waals surface area contributed by atoms with Crippen molar-refractivity contribution in [3.8, 4) is 22.6 Å². The first kappa shape index (κ1) is 27.3. The van der Waals surface area contributed by atoms with Crippen LogP contribution in [0.1, 0.15) is 51.0 Å². The minimum Gasteiger partial charge on any atom is -0.358 e. The van der Waals surface area contributed by atoms with Crippen LogP contribution in [0.3, 0.4) is 0 Å². The second-order valence-corrected chi connectivity index (χ2v) is 11.1. The monoisotopic (exact) mass is 559 g/mol. The lowest BCUT2D eigenvalue weighted by molar-refractivity contribution is 0.357. The van der Waals surface area contributed by atoms with Crippen molar-refractivity contribution in [2.24, 2.45) is 5.92 Å². The summed E-state index contributed by atoms with van der Waals surface area (Å²) in [6.07, 6.45) is 18.7. The van der Waals surface area contributed by atoms with E-state index in [1.807, 2.05) is 37.5 Å². The van der Waals surface area contributed by atoms with Gasteiger partial charge in [-0.25, -0.2) is 9.37 Å². The molecule has 1 fully saturated rings. The molecule has 4 heterocycles. The van der Waals surface area contributed by atoms with E-state index < -0.39 is 0 Å². The molecule has 0 atom stereocenters. The van der Waals surface area contributed by atoms with Crippen molar-refractivity contribution in [3.05, 3.63) is 95.4 Å². The summed E-state index contributed by atoms with van der Waals surface area (Å²) in [5.41, 5.74) is 7.54. The standard InChI is InChI=1S/C34H34FN7/c1-21(26-16-28(18-36-17-26)38-22(2)14-24-8-5-4-6-9-24)12-13-30-23(3)32(42-41-30)34-39-31-20-37-19-29(33(31)40-34)25-10-7-11-27(35)15-25/h7,10-13,15-20,24,38,41H,2-6,8-9,14H2,1H3,(H,39,40)/b21-12+,30-13+. The lowest BCUT2D eigenvalue weighted by Gasteiger charge is -2.22. The Morgan fingerprint density at radius 1 is 1.10 bits per heavy atom. The first-order valence-electron chi connectivity index (χ1n) is 14.4. The minimum atomic E-state index is -0.310. The average Bonchev–Trinajstić information content (AvgIpc) is 3.59. The van der Waals surface area contributed by atoms with Crippen LogP contribution in [0.5, 0.6) is 0 Å². The maximum Gasteiger partial charge on any atom is 0.159 e. The molecule has 1 aromatic carbocycles. The predicted molar refractivity (Wildman–Crippen MR) is 168 cm³/mol. The molecule has 1 aliphatic carbocycles. The van der Waals surface area contributed by atoms with Crippen LogP contribution in [0, 0.1) is 11.7 Å². The fraction of sp³-hybridized carbons (Fsp3) is 0.235. The van der Waals surface area contributed by atoms with Crippen molar-refractivity contribution in [2.75, 3.05) is 5.32 Å². The summed E-state index contributed by atoms with van der Waals surface area (Å²) in [6, 6.07) is 8.50. The number of fused-ring (bicyclic) bond motifs is 1. The second-order valence-electron chi connectivity index (χ2n) is 11.1. The number of aromatic amines is 2. The number of pyridine rings is 2. The molecule has 0 spiro atoms. The maximum absolute atomic E-state index is 13.9. The van der Waals surface area contributed by atoms with Gasteiger partial charge in [0.05, 0.1) is 34.5 Å². The molecular formula is C34H34FN7. The van der Waals surface area contributed by atoms with Crippen LogP contribution in [0.4, 0.5) is 10.1 Å². The van der Waals surface area contributed by atoms with Gasteiger partial charge >= 0.3 is 0 Å². The molecule has 4 aromatic heterocycles. The number of halogens is 1. The molecule has 0 aliphatic heterocycles. The van der Waals surface area contributed by atoms with Crippen molar-refractivity contribution in [2.45, 2.75) is 45.4 Å². The average molecular weight is 560 g/mol. The molecule has 3 N–H and O–H groups in total. The summed E-state index contributed by atoms with van der Waals surface area (Å²) in [7, 11) is 0. The van der Waals surface area contributed by atoms with Crippen LogP contribution >= 0.6 is 0 Å². The molecule has 212 valence electrons. The first-order chi connectivity index (χ1) is 20.4. The van der Waals surface area contributed by atoms with E-state index in [1.54, 1.807) is 18.5 Å². The normalized spacial score (nSPS) is 14.9.